The van der Waals surface area contributed by atoms with E-state index in [9.17, 15) is 5.11 Å². The van der Waals surface area contributed by atoms with Crippen LogP contribution in [0.2, 0.25) is 36.3 Å². The Morgan fingerprint density at radius 2 is 1.44 bits per heavy atom. The van der Waals surface area contributed by atoms with E-state index in [0.29, 0.717) is 38.4 Å². The summed E-state index contributed by atoms with van der Waals surface area (Å²) in [5.41, 5.74) is 2.14. The van der Waals surface area contributed by atoms with Crippen molar-refractivity contribution in [3.05, 3.63) is 64.8 Å². The Labute approximate surface area is 494 Å². The molecule has 1 N–H and O–H groups in total. The van der Waals surface area contributed by atoms with Crippen LogP contribution in [0.4, 0.5) is 0 Å². The van der Waals surface area contributed by atoms with Gasteiger partial charge in [-0.25, -0.2) is 8.42 Å². The quantitative estimate of drug-likeness (QED) is 0.0634. The summed E-state index contributed by atoms with van der Waals surface area (Å²) < 4.78 is 94.5. The molecule has 1 aromatic carbocycles. The van der Waals surface area contributed by atoms with Gasteiger partial charge < -0.3 is 47.1 Å². The fraction of sp³-hybridized carbons (Fsp3) is 0.810. The predicted octanol–water partition coefficient (Wildman–Crippen LogP) is 14.1. The maximum atomic E-state index is 15.6. The second kappa shape index (κ2) is 27.2. The highest BCUT2D eigenvalue weighted by Crippen LogP contribution is 2.49. The van der Waals surface area contributed by atoms with Gasteiger partial charge in [0.2, 0.25) is 0 Å². The second-order valence-corrected chi connectivity index (χ2v) is 40.3. The average molecular weight is 1270 g/mol. The predicted molar refractivity (Wildman–Crippen MR) is 329 cm³/mol. The molecule has 12 nitrogen and oxygen atoms in total. The first-order valence-electron chi connectivity index (χ1n) is 30.4. The van der Waals surface area contributed by atoms with Crippen LogP contribution in [0.3, 0.4) is 0 Å². The highest BCUT2D eigenvalue weighted by molar-refractivity contribution is 14.1. The Morgan fingerprint density at radius 1 is 0.797 bits per heavy atom. The number of fused-ring (bicyclic) bond motifs is 1. The van der Waals surface area contributed by atoms with E-state index in [1.807, 2.05) is 10.1 Å². The maximum Gasteiger partial charge on any atom is 0.193 e. The minimum atomic E-state index is -4.14. The summed E-state index contributed by atoms with van der Waals surface area (Å²) in [5, 5.41) is 11.8. The molecule has 0 amide bonds. The molecule has 2 unspecified atom stereocenters. The molecule has 0 aliphatic carbocycles. The lowest BCUT2D eigenvalue weighted by Crippen LogP contribution is -2.64. The van der Waals surface area contributed by atoms with E-state index in [-0.39, 0.29) is 106 Å². The first-order chi connectivity index (χ1) is 37.0. The van der Waals surface area contributed by atoms with Crippen LogP contribution in [-0.4, -0.2) is 134 Å². The average Bonchev–Trinajstić information content (AvgIpc) is 4.34. The Hall–Kier alpha value is -0.846. The standard InChI is InChI=1S/C63H105IO12SSi2/c1-18-39(2)34-53-43(6)57(55(73-53)38-54-42(5)40(3)35-45(71-54)24-27-50-41(4)36-46(70-50)26-29-56-68-32-33-69-56)61(77(66,67)48-22-20-19-21-23-48)49(65)37-47-25-28-51-58(72-47)44(7)59(76-79(16,17)63(11,12)13)60(74-51)52(30-31-64)75-78(14,15)62(8,9)10/h19-23,30-31,39-40,43-47,49-61,65H,4-5,18,24-29,32-38H2,1-3,6-17H3/b31-30+/t39-,40+,43-,44+,45+,46+,47-,49?,50+,51+,52+,53-,54-,55+,57-,58+,59+,60-,61?/m1/s1. The Bertz CT molecular complexity index is 2280. The Balaban J connectivity index is 1.13. The summed E-state index contributed by atoms with van der Waals surface area (Å²) in [4.78, 5) is 0.200. The van der Waals surface area contributed by atoms with E-state index in [1.165, 1.54) is 0 Å². The molecule has 6 aliphatic rings. The molecule has 16 heteroatoms. The zero-order valence-electron chi connectivity index (χ0n) is 51.1. The highest BCUT2D eigenvalue weighted by atomic mass is 127. The zero-order valence-corrected chi connectivity index (χ0v) is 56.1. The molecule has 6 aliphatic heterocycles. The second-order valence-electron chi connectivity index (χ2n) is 28.0. The molecule has 6 saturated heterocycles. The van der Waals surface area contributed by atoms with E-state index in [2.05, 4.69) is 144 Å². The molecule has 0 radical (unpaired) electrons. The van der Waals surface area contributed by atoms with Crippen molar-refractivity contribution in [1.29, 1.82) is 0 Å². The number of rotatable bonds is 23. The van der Waals surface area contributed by atoms with Gasteiger partial charge in [-0.3, -0.25) is 0 Å². The van der Waals surface area contributed by atoms with Crippen LogP contribution in [0, 0.1) is 29.6 Å². The largest absolute Gasteiger partial charge is 0.411 e. The topological polar surface area (TPSA) is 137 Å². The van der Waals surface area contributed by atoms with Gasteiger partial charge in [0.25, 0.3) is 0 Å². The fourth-order valence-electron chi connectivity index (χ4n) is 12.9. The van der Waals surface area contributed by atoms with Gasteiger partial charge in [0.05, 0.1) is 96.6 Å². The van der Waals surface area contributed by atoms with E-state index in [4.69, 9.17) is 42.0 Å². The van der Waals surface area contributed by atoms with Gasteiger partial charge >= 0.3 is 0 Å². The van der Waals surface area contributed by atoms with Crippen molar-refractivity contribution in [2.45, 2.75) is 285 Å². The van der Waals surface area contributed by atoms with Gasteiger partial charge in [0.15, 0.2) is 32.8 Å². The number of hydrogen-bond acceptors (Lipinski definition) is 12. The number of benzene rings is 1. The van der Waals surface area contributed by atoms with Crippen molar-refractivity contribution in [3.8, 4) is 0 Å². The van der Waals surface area contributed by atoms with Crippen LogP contribution in [-0.2, 0) is 51.8 Å². The molecule has 1 aromatic rings. The van der Waals surface area contributed by atoms with Gasteiger partial charge in [0.1, 0.15) is 6.10 Å². The third-order valence-electron chi connectivity index (χ3n) is 20.2. The van der Waals surface area contributed by atoms with Crippen LogP contribution >= 0.6 is 22.6 Å². The minimum Gasteiger partial charge on any atom is -0.411 e. The van der Waals surface area contributed by atoms with Crippen molar-refractivity contribution in [2.75, 3.05) is 13.2 Å². The lowest BCUT2D eigenvalue weighted by atomic mass is 9.77. The third-order valence-corrected chi connectivity index (χ3v) is 31.8. The molecule has 0 bridgehead atoms. The summed E-state index contributed by atoms with van der Waals surface area (Å²) in [6, 6.07) is 8.70. The van der Waals surface area contributed by atoms with Crippen molar-refractivity contribution in [2.24, 2.45) is 29.6 Å². The van der Waals surface area contributed by atoms with Crippen LogP contribution in [0.15, 0.2) is 69.7 Å². The van der Waals surface area contributed by atoms with Gasteiger partial charge in [-0.05, 0) is 139 Å². The molecule has 0 aromatic heterocycles. The molecule has 0 spiro atoms. The molecule has 79 heavy (non-hydrogen) atoms. The summed E-state index contributed by atoms with van der Waals surface area (Å²) in [6.45, 7) is 44.1. The van der Waals surface area contributed by atoms with Crippen LogP contribution in [0.25, 0.3) is 0 Å². The fourth-order valence-corrected chi connectivity index (χ4v) is 18.2. The normalized spacial score (nSPS) is 35.2. The van der Waals surface area contributed by atoms with Gasteiger partial charge in [0, 0.05) is 31.1 Å². The van der Waals surface area contributed by atoms with Crippen molar-refractivity contribution < 1.29 is 55.5 Å². The molecule has 6 fully saturated rings. The summed E-state index contributed by atoms with van der Waals surface area (Å²) in [6.07, 6.45) is 6.35. The van der Waals surface area contributed by atoms with Crippen molar-refractivity contribution >= 4 is 49.1 Å². The van der Waals surface area contributed by atoms with Crippen molar-refractivity contribution in [1.82, 2.24) is 0 Å². The molecule has 7 rings (SSSR count). The molecular weight excluding hydrogens is 1160 g/mol. The first-order valence-corrected chi connectivity index (χ1v) is 39.0. The van der Waals surface area contributed by atoms with Gasteiger partial charge in [-0.15, -0.1) is 0 Å². The van der Waals surface area contributed by atoms with E-state index >= 15 is 8.42 Å². The van der Waals surface area contributed by atoms with E-state index in [1.54, 1.807) is 24.3 Å². The number of halogens is 1. The van der Waals surface area contributed by atoms with Crippen LogP contribution < -0.4 is 0 Å². The SMILES string of the molecule is C=C1C[C@H](CCC2OCCO2)O[C@H]1CC[C@H]1C[C@H](C)C(=C)[C@@H](C[C@@H]2O[C@H](C[C@H](C)CC)[C@@H](C)[C@H]2C(C(O)C[C@H]2CC[C@@H]3O[C@H]([C@H](/C=C/I)O[Si](C)(C)C(C)(C)C)[C@@H](O[Si](C)(C)C(C)(C)C)[C@@H](C)[C@@H]3O2)S(=O)(=O)c2ccccc2)O1. The number of aliphatic hydroxyl groups excluding tert-OH is 1. The lowest BCUT2D eigenvalue weighted by molar-refractivity contribution is -0.253. The smallest absolute Gasteiger partial charge is 0.193 e. The summed E-state index contributed by atoms with van der Waals surface area (Å²) >= 11 is 2.29. The molecular formula is C63H105IO12SSi2. The number of ether oxygens (including phenoxy) is 7. The van der Waals surface area contributed by atoms with Crippen molar-refractivity contribution in [3.63, 3.8) is 0 Å². The first kappa shape index (κ1) is 65.7. The number of sulfone groups is 1. The lowest BCUT2D eigenvalue weighted by Gasteiger charge is -2.54. The zero-order chi connectivity index (χ0) is 58.0. The molecule has 450 valence electrons. The Kier molecular flexibility index (Phi) is 22.7. The molecule has 19 atom stereocenters. The highest BCUT2D eigenvalue weighted by Gasteiger charge is 2.57. The Morgan fingerprint density at radius 3 is 2.08 bits per heavy atom. The van der Waals surface area contributed by atoms with Gasteiger partial charge in [-0.1, -0.05) is 137 Å². The maximum absolute atomic E-state index is 15.6. The number of aliphatic hydroxyl groups is 1. The third kappa shape index (κ3) is 15.8. The number of hydrogen-bond donors (Lipinski definition) is 1. The van der Waals surface area contributed by atoms with E-state index < -0.39 is 56.0 Å². The summed E-state index contributed by atoms with van der Waals surface area (Å²) in [7, 11) is -8.75. The minimum absolute atomic E-state index is 0.0119. The summed E-state index contributed by atoms with van der Waals surface area (Å²) in [5.74, 6) is -0.260. The molecule has 0 saturated carbocycles. The molecule has 6 heterocycles. The van der Waals surface area contributed by atoms with E-state index in [0.717, 1.165) is 62.5 Å². The van der Waals surface area contributed by atoms with Crippen LogP contribution in [0.1, 0.15) is 153 Å². The van der Waals surface area contributed by atoms with Gasteiger partial charge in [-0.2, -0.15) is 0 Å². The monoisotopic (exact) mass is 1270 g/mol. The van der Waals surface area contributed by atoms with Crippen LogP contribution in [0.5, 0.6) is 0 Å².